The van der Waals surface area contributed by atoms with Gasteiger partial charge >= 0.3 is 0 Å². The number of nitrogens with two attached hydrogens (primary N) is 1. The van der Waals surface area contributed by atoms with Crippen LogP contribution in [0.15, 0.2) is 59.6 Å². The van der Waals surface area contributed by atoms with E-state index in [1.54, 1.807) is 0 Å². The molecule has 4 N–H and O–H groups in total. The highest BCUT2D eigenvalue weighted by atomic mass is 127. The fourth-order valence-electron chi connectivity index (χ4n) is 1.90. The number of hydrogen-bond acceptors (Lipinski definition) is 3. The van der Waals surface area contributed by atoms with E-state index in [0.717, 1.165) is 17.9 Å². The molecule has 0 radical (unpaired) electrons. The predicted octanol–water partition coefficient (Wildman–Crippen LogP) is 3.59. The van der Waals surface area contributed by atoms with Crippen LogP contribution in [0.4, 0.5) is 5.69 Å². The molecule has 0 saturated carbocycles. The summed E-state index contributed by atoms with van der Waals surface area (Å²) < 4.78 is 5.76. The van der Waals surface area contributed by atoms with Crippen LogP contribution in [-0.2, 0) is 0 Å². The maximum Gasteiger partial charge on any atom is 0.193 e. The van der Waals surface area contributed by atoms with Gasteiger partial charge in [0.2, 0.25) is 0 Å². The van der Waals surface area contributed by atoms with E-state index in [1.807, 2.05) is 61.5 Å². The second-order valence-corrected chi connectivity index (χ2v) is 4.83. The van der Waals surface area contributed by atoms with Crippen LogP contribution in [0, 0.1) is 0 Å². The minimum Gasteiger partial charge on any atom is -0.457 e. The second-order valence-electron chi connectivity index (χ2n) is 4.83. The van der Waals surface area contributed by atoms with E-state index in [-0.39, 0.29) is 42.6 Å². The minimum atomic E-state index is -0.184. The number of halogens is 1. The van der Waals surface area contributed by atoms with Crippen LogP contribution in [0.2, 0.25) is 0 Å². The molecule has 0 saturated heterocycles. The summed E-state index contributed by atoms with van der Waals surface area (Å²) in [6, 6.07) is 16.8. The van der Waals surface area contributed by atoms with Gasteiger partial charge in [-0.1, -0.05) is 31.2 Å². The highest BCUT2D eigenvalue weighted by molar-refractivity contribution is 14.0. The Labute approximate surface area is 153 Å². The molecular weight excluding hydrogens is 405 g/mol. The van der Waals surface area contributed by atoms with Crippen molar-refractivity contribution in [3.8, 4) is 11.5 Å². The third-order valence-corrected chi connectivity index (χ3v) is 3.09. The molecule has 0 amide bonds. The zero-order valence-electron chi connectivity index (χ0n) is 13.0. The zero-order chi connectivity index (χ0) is 15.8. The molecule has 0 spiro atoms. The Morgan fingerprint density at radius 1 is 1.17 bits per heavy atom. The lowest BCUT2D eigenvalue weighted by molar-refractivity contribution is 0.264. The summed E-state index contributed by atoms with van der Waals surface area (Å²) in [6.45, 7) is 1.93. The molecule has 2 aromatic rings. The number of aliphatic hydroxyl groups excluding tert-OH is 1. The van der Waals surface area contributed by atoms with Gasteiger partial charge in [-0.2, -0.15) is 0 Å². The number of nitrogens with zero attached hydrogens (tertiary/aromatic N) is 1. The van der Waals surface area contributed by atoms with Gasteiger partial charge < -0.3 is 20.9 Å². The van der Waals surface area contributed by atoms with Crippen LogP contribution in [0.1, 0.15) is 13.3 Å². The largest absolute Gasteiger partial charge is 0.457 e. The fraction of sp³-hybridized carbons (Fsp3) is 0.235. The second kappa shape index (κ2) is 10.1. The molecule has 0 fully saturated rings. The van der Waals surface area contributed by atoms with Crippen LogP contribution in [0.3, 0.4) is 0 Å². The third-order valence-electron chi connectivity index (χ3n) is 3.09. The molecule has 5 nitrogen and oxygen atoms in total. The molecule has 6 heteroatoms. The number of rotatable bonds is 6. The first-order valence-electron chi connectivity index (χ1n) is 7.25. The first-order chi connectivity index (χ1) is 10.7. The fourth-order valence-corrected chi connectivity index (χ4v) is 1.90. The first-order valence-corrected chi connectivity index (χ1v) is 7.25. The molecule has 124 valence electrons. The Kier molecular flexibility index (Phi) is 8.42. The van der Waals surface area contributed by atoms with Crippen molar-refractivity contribution in [1.82, 2.24) is 0 Å². The summed E-state index contributed by atoms with van der Waals surface area (Å²) in [7, 11) is 0. The van der Waals surface area contributed by atoms with Crippen molar-refractivity contribution in [3.05, 3.63) is 54.6 Å². The van der Waals surface area contributed by atoms with E-state index >= 15 is 0 Å². The van der Waals surface area contributed by atoms with Crippen LogP contribution in [0.5, 0.6) is 11.5 Å². The Morgan fingerprint density at radius 3 is 2.52 bits per heavy atom. The topological polar surface area (TPSA) is 79.9 Å². The van der Waals surface area contributed by atoms with E-state index in [4.69, 9.17) is 15.6 Å². The van der Waals surface area contributed by atoms with Crippen molar-refractivity contribution < 1.29 is 9.84 Å². The maximum atomic E-state index is 9.14. The lowest BCUT2D eigenvalue weighted by atomic mass is 10.2. The highest BCUT2D eigenvalue weighted by Gasteiger charge is 2.04. The number of hydrogen-bond donors (Lipinski definition) is 3. The van der Waals surface area contributed by atoms with Crippen LogP contribution in [0.25, 0.3) is 0 Å². The van der Waals surface area contributed by atoms with Crippen LogP contribution in [-0.4, -0.2) is 23.7 Å². The van der Waals surface area contributed by atoms with Gasteiger partial charge in [0.15, 0.2) is 5.96 Å². The molecule has 0 heterocycles. The summed E-state index contributed by atoms with van der Waals surface area (Å²) in [6.07, 6.45) is 0.732. The van der Waals surface area contributed by atoms with Gasteiger partial charge in [0.25, 0.3) is 0 Å². The monoisotopic (exact) mass is 427 g/mol. The third kappa shape index (κ3) is 6.45. The van der Waals surface area contributed by atoms with Gasteiger partial charge in [-0.3, -0.25) is 0 Å². The van der Waals surface area contributed by atoms with Gasteiger partial charge in [0.1, 0.15) is 11.5 Å². The molecule has 0 bridgehead atoms. The zero-order valence-corrected chi connectivity index (χ0v) is 15.3. The Hall–Kier alpha value is -1.80. The summed E-state index contributed by atoms with van der Waals surface area (Å²) in [5.74, 6) is 1.75. The molecular formula is C17H22IN3O2. The lowest BCUT2D eigenvalue weighted by Crippen LogP contribution is -2.26. The Bertz CT molecular complexity index is 616. The van der Waals surface area contributed by atoms with E-state index in [2.05, 4.69) is 10.3 Å². The molecule has 2 rings (SSSR count). The number of para-hydroxylation sites is 1. The number of aliphatic hydroxyl groups is 1. The normalized spacial score (nSPS) is 12.2. The summed E-state index contributed by atoms with van der Waals surface area (Å²) in [5, 5.41) is 12.1. The van der Waals surface area contributed by atoms with Gasteiger partial charge in [-0.05, 0) is 30.7 Å². The van der Waals surface area contributed by atoms with Crippen LogP contribution >= 0.6 is 24.0 Å². The SMILES string of the molecule is CC[C@H](CO)N=C(N)Nc1cccc(Oc2ccccc2)c1.I. The van der Waals surface area contributed by atoms with Crippen molar-refractivity contribution in [2.75, 3.05) is 11.9 Å². The molecule has 2 aromatic carbocycles. The van der Waals surface area contributed by atoms with Crippen molar-refractivity contribution in [1.29, 1.82) is 0 Å². The standard InChI is InChI=1S/C17H21N3O2.HI/c1-2-13(12-21)19-17(18)20-14-7-6-10-16(11-14)22-15-8-4-3-5-9-15;/h3-11,13,21H,2,12H2,1H3,(H3,18,19,20);1H/t13-;/m1./s1. The number of anilines is 1. The Balaban J connectivity index is 0.00000264. The van der Waals surface area contributed by atoms with Crippen molar-refractivity contribution in [3.63, 3.8) is 0 Å². The Morgan fingerprint density at radius 2 is 1.87 bits per heavy atom. The van der Waals surface area contributed by atoms with Crippen LogP contribution < -0.4 is 15.8 Å². The predicted molar refractivity (Wildman–Crippen MR) is 105 cm³/mol. The first kappa shape index (κ1) is 19.2. The van der Waals surface area contributed by atoms with Gasteiger partial charge in [0, 0.05) is 11.8 Å². The lowest BCUT2D eigenvalue weighted by Gasteiger charge is -2.11. The number of nitrogens with one attached hydrogen (secondary N) is 1. The van der Waals surface area contributed by atoms with Crippen molar-refractivity contribution in [2.24, 2.45) is 10.7 Å². The quantitative estimate of drug-likeness (QED) is 0.374. The number of benzene rings is 2. The smallest absolute Gasteiger partial charge is 0.193 e. The molecule has 0 aliphatic rings. The average molecular weight is 427 g/mol. The number of ether oxygens (including phenoxy) is 1. The van der Waals surface area contributed by atoms with E-state index in [0.29, 0.717) is 5.75 Å². The molecule has 23 heavy (non-hydrogen) atoms. The van der Waals surface area contributed by atoms with Gasteiger partial charge in [0.05, 0.1) is 12.6 Å². The summed E-state index contributed by atoms with van der Waals surface area (Å²) in [4.78, 5) is 4.21. The van der Waals surface area contributed by atoms with E-state index < -0.39 is 0 Å². The highest BCUT2D eigenvalue weighted by Crippen LogP contribution is 2.23. The summed E-state index contributed by atoms with van der Waals surface area (Å²) in [5.41, 5.74) is 6.63. The molecule has 0 aromatic heterocycles. The molecule has 0 unspecified atom stereocenters. The van der Waals surface area contributed by atoms with Gasteiger partial charge in [-0.25, -0.2) is 4.99 Å². The van der Waals surface area contributed by atoms with E-state index in [9.17, 15) is 0 Å². The minimum absolute atomic E-state index is 0. The molecule has 0 aliphatic carbocycles. The van der Waals surface area contributed by atoms with E-state index in [1.165, 1.54) is 0 Å². The number of aliphatic imine (C=N–C) groups is 1. The van der Waals surface area contributed by atoms with Crippen molar-refractivity contribution in [2.45, 2.75) is 19.4 Å². The van der Waals surface area contributed by atoms with Gasteiger partial charge in [-0.15, -0.1) is 24.0 Å². The average Bonchev–Trinajstić information content (AvgIpc) is 2.54. The maximum absolute atomic E-state index is 9.14. The van der Waals surface area contributed by atoms with Crippen molar-refractivity contribution >= 4 is 35.6 Å². The number of guanidine groups is 1. The summed E-state index contributed by atoms with van der Waals surface area (Å²) >= 11 is 0. The molecule has 1 atom stereocenters. The molecule has 0 aliphatic heterocycles.